The van der Waals surface area contributed by atoms with Gasteiger partial charge in [0, 0.05) is 11.9 Å². The molecule has 20 heavy (non-hydrogen) atoms. The van der Waals surface area contributed by atoms with Crippen molar-refractivity contribution < 1.29 is 19.4 Å². The molecular formula is C13H21N3O4. The third-order valence-corrected chi connectivity index (χ3v) is 2.48. The van der Waals surface area contributed by atoms with E-state index in [1.54, 1.807) is 33.3 Å². The molecule has 7 heteroatoms. The monoisotopic (exact) mass is 283 g/mol. The maximum atomic E-state index is 11.6. The number of carbonyl (C=O) groups excluding carboxylic acids is 1. The number of aromatic nitrogens is 2. The minimum atomic E-state index is -1.07. The summed E-state index contributed by atoms with van der Waals surface area (Å²) >= 11 is 0. The standard InChI is InChI=1S/C13H21N3O4/c1-13(2,3)20-12(19)16-10(11(17)18)6-4-5-9-7-14-8-15-9/h7-8,10H,4-6H2,1-3H3,(H,14,15)(H,16,19)(H,17,18). The number of ether oxygens (including phenoxy) is 1. The van der Waals surface area contributed by atoms with Crippen LogP contribution >= 0.6 is 0 Å². The Morgan fingerprint density at radius 1 is 1.50 bits per heavy atom. The van der Waals surface area contributed by atoms with Crippen molar-refractivity contribution in [2.45, 2.75) is 51.7 Å². The largest absolute Gasteiger partial charge is 0.480 e. The molecule has 1 rings (SSSR count). The highest BCUT2D eigenvalue weighted by atomic mass is 16.6. The Morgan fingerprint density at radius 3 is 2.70 bits per heavy atom. The average Bonchev–Trinajstić information content (AvgIpc) is 2.77. The van der Waals surface area contributed by atoms with Crippen molar-refractivity contribution in [1.29, 1.82) is 0 Å². The first-order chi connectivity index (χ1) is 9.28. The smallest absolute Gasteiger partial charge is 0.408 e. The van der Waals surface area contributed by atoms with Crippen LogP contribution in [0, 0.1) is 0 Å². The molecule has 1 atom stereocenters. The third-order valence-electron chi connectivity index (χ3n) is 2.48. The number of alkyl carbamates (subject to hydrolysis) is 1. The lowest BCUT2D eigenvalue weighted by atomic mass is 10.1. The van der Waals surface area contributed by atoms with E-state index in [4.69, 9.17) is 9.84 Å². The Balaban J connectivity index is 2.40. The zero-order valence-corrected chi connectivity index (χ0v) is 12.0. The van der Waals surface area contributed by atoms with Gasteiger partial charge in [0.1, 0.15) is 11.6 Å². The summed E-state index contributed by atoms with van der Waals surface area (Å²) < 4.78 is 5.04. The van der Waals surface area contributed by atoms with Gasteiger partial charge in [-0.25, -0.2) is 14.6 Å². The summed E-state index contributed by atoms with van der Waals surface area (Å²) in [5.41, 5.74) is 0.287. The molecule has 0 aliphatic heterocycles. The molecule has 0 aromatic carbocycles. The Bertz CT molecular complexity index is 437. The second-order valence-corrected chi connectivity index (χ2v) is 5.51. The molecule has 0 fully saturated rings. The Kier molecular flexibility index (Phi) is 5.54. The number of carbonyl (C=O) groups is 2. The lowest BCUT2D eigenvalue weighted by Gasteiger charge is -2.21. The number of aryl methyl sites for hydroxylation is 1. The van der Waals surface area contributed by atoms with Crippen LogP contribution in [0.2, 0.25) is 0 Å². The lowest BCUT2D eigenvalue weighted by molar-refractivity contribution is -0.139. The fourth-order valence-corrected chi connectivity index (χ4v) is 1.63. The van der Waals surface area contributed by atoms with Crippen LogP contribution in [0.15, 0.2) is 12.5 Å². The number of hydrogen-bond donors (Lipinski definition) is 3. The van der Waals surface area contributed by atoms with Crippen LogP contribution in [0.4, 0.5) is 4.79 Å². The number of carboxylic acid groups (broad SMARTS) is 1. The molecule has 1 unspecified atom stereocenters. The van der Waals surface area contributed by atoms with E-state index in [1.807, 2.05) is 0 Å². The van der Waals surface area contributed by atoms with Crippen molar-refractivity contribution in [3.8, 4) is 0 Å². The molecule has 112 valence electrons. The molecule has 0 radical (unpaired) electrons. The summed E-state index contributed by atoms with van der Waals surface area (Å²) in [6.45, 7) is 5.17. The highest BCUT2D eigenvalue weighted by Crippen LogP contribution is 2.08. The highest BCUT2D eigenvalue weighted by Gasteiger charge is 2.23. The zero-order valence-electron chi connectivity index (χ0n) is 12.0. The molecule has 0 saturated heterocycles. The molecule has 1 amide bonds. The molecule has 7 nitrogen and oxygen atoms in total. The molecule has 0 spiro atoms. The van der Waals surface area contributed by atoms with Crippen molar-refractivity contribution in [2.75, 3.05) is 0 Å². The number of rotatable bonds is 6. The van der Waals surface area contributed by atoms with Crippen LogP contribution in [0.3, 0.4) is 0 Å². The minimum Gasteiger partial charge on any atom is -0.480 e. The molecule has 1 aromatic rings. The van der Waals surface area contributed by atoms with Gasteiger partial charge in [-0.2, -0.15) is 0 Å². The van der Waals surface area contributed by atoms with Crippen LogP contribution in [-0.2, 0) is 16.0 Å². The van der Waals surface area contributed by atoms with Crippen LogP contribution in [0.1, 0.15) is 39.3 Å². The minimum absolute atomic E-state index is 0.327. The first-order valence-corrected chi connectivity index (χ1v) is 6.47. The van der Waals surface area contributed by atoms with Gasteiger partial charge in [-0.15, -0.1) is 0 Å². The number of nitrogens with zero attached hydrogens (tertiary/aromatic N) is 1. The number of aliphatic carboxylic acids is 1. The zero-order chi connectivity index (χ0) is 15.2. The molecule has 3 N–H and O–H groups in total. The van der Waals surface area contributed by atoms with Crippen molar-refractivity contribution in [1.82, 2.24) is 15.3 Å². The summed E-state index contributed by atoms with van der Waals surface area (Å²) in [5.74, 6) is -1.07. The Labute approximate surface area is 117 Å². The number of hydrogen-bond acceptors (Lipinski definition) is 4. The van der Waals surface area contributed by atoms with Crippen LogP contribution in [0.25, 0.3) is 0 Å². The maximum Gasteiger partial charge on any atom is 0.408 e. The second kappa shape index (κ2) is 6.93. The molecule has 0 saturated carbocycles. The van der Waals surface area contributed by atoms with Gasteiger partial charge in [-0.3, -0.25) is 0 Å². The predicted molar refractivity (Wildman–Crippen MR) is 72.3 cm³/mol. The van der Waals surface area contributed by atoms with Crippen molar-refractivity contribution in [2.24, 2.45) is 0 Å². The van der Waals surface area contributed by atoms with Crippen molar-refractivity contribution in [3.63, 3.8) is 0 Å². The molecule has 1 heterocycles. The molecule has 0 bridgehead atoms. The van der Waals surface area contributed by atoms with E-state index in [0.29, 0.717) is 19.3 Å². The van der Waals surface area contributed by atoms with E-state index in [1.165, 1.54) is 0 Å². The quantitative estimate of drug-likeness (QED) is 0.737. The van der Waals surface area contributed by atoms with Gasteiger partial charge < -0.3 is 20.1 Å². The van der Waals surface area contributed by atoms with E-state index in [9.17, 15) is 9.59 Å². The lowest BCUT2D eigenvalue weighted by Crippen LogP contribution is -2.43. The molecule has 0 aliphatic rings. The van der Waals surface area contributed by atoms with Crippen LogP contribution in [0.5, 0.6) is 0 Å². The summed E-state index contributed by atoms with van der Waals surface area (Å²) in [7, 11) is 0. The van der Waals surface area contributed by atoms with Crippen LogP contribution in [-0.4, -0.2) is 38.8 Å². The van der Waals surface area contributed by atoms with Gasteiger partial charge in [-0.1, -0.05) is 0 Å². The van der Waals surface area contributed by atoms with Gasteiger partial charge >= 0.3 is 12.1 Å². The predicted octanol–water partition coefficient (Wildman–Crippen LogP) is 1.71. The first-order valence-electron chi connectivity index (χ1n) is 6.47. The fraction of sp³-hybridized carbons (Fsp3) is 0.615. The topological polar surface area (TPSA) is 104 Å². The SMILES string of the molecule is CC(C)(C)OC(=O)NC(CCCc1cnc[nH]1)C(=O)O. The number of imidazole rings is 1. The van der Waals surface area contributed by atoms with E-state index >= 15 is 0 Å². The van der Waals surface area contributed by atoms with Gasteiger partial charge in [0.2, 0.25) is 0 Å². The second-order valence-electron chi connectivity index (χ2n) is 5.51. The number of carboxylic acids is 1. The van der Waals surface area contributed by atoms with E-state index in [0.717, 1.165) is 5.69 Å². The highest BCUT2D eigenvalue weighted by molar-refractivity contribution is 5.79. The average molecular weight is 283 g/mol. The molecular weight excluding hydrogens is 262 g/mol. The van der Waals surface area contributed by atoms with Gasteiger partial charge in [0.25, 0.3) is 0 Å². The van der Waals surface area contributed by atoms with E-state index in [2.05, 4.69) is 15.3 Å². The summed E-state index contributed by atoms with van der Waals surface area (Å²) in [6, 6.07) is -0.951. The fourth-order valence-electron chi connectivity index (χ4n) is 1.63. The first kappa shape index (κ1) is 16.0. The molecule has 1 aromatic heterocycles. The van der Waals surface area contributed by atoms with Crippen molar-refractivity contribution >= 4 is 12.1 Å². The summed E-state index contributed by atoms with van der Waals surface area (Å²) in [6.07, 6.45) is 4.17. The van der Waals surface area contributed by atoms with Crippen LogP contribution < -0.4 is 5.32 Å². The number of H-pyrrole nitrogens is 1. The third kappa shape index (κ3) is 6.21. The molecule has 0 aliphatic carbocycles. The van der Waals surface area contributed by atoms with Gasteiger partial charge in [0.05, 0.1) is 6.33 Å². The Morgan fingerprint density at radius 2 is 2.20 bits per heavy atom. The number of nitrogens with one attached hydrogen (secondary N) is 2. The van der Waals surface area contributed by atoms with E-state index in [-0.39, 0.29) is 0 Å². The maximum absolute atomic E-state index is 11.6. The number of aromatic amines is 1. The normalized spacial score (nSPS) is 12.8. The summed E-state index contributed by atoms with van der Waals surface area (Å²) in [4.78, 5) is 29.5. The van der Waals surface area contributed by atoms with Crippen molar-refractivity contribution in [3.05, 3.63) is 18.2 Å². The Hall–Kier alpha value is -2.05. The van der Waals surface area contributed by atoms with Gasteiger partial charge in [0.15, 0.2) is 0 Å². The number of amides is 1. The summed E-state index contributed by atoms with van der Waals surface area (Å²) in [5, 5.41) is 11.5. The van der Waals surface area contributed by atoms with Gasteiger partial charge in [-0.05, 0) is 40.0 Å². The van der Waals surface area contributed by atoms with E-state index < -0.39 is 23.7 Å².